The molecule has 1 aliphatic carbocycles. The smallest absolute Gasteiger partial charge is 0.416 e. The van der Waals surface area contributed by atoms with Crippen LogP contribution in [-0.4, -0.2) is 23.5 Å². The Morgan fingerprint density at radius 3 is 2.16 bits per heavy atom. The second-order valence-corrected chi connectivity index (χ2v) is 6.58. The van der Waals surface area contributed by atoms with Gasteiger partial charge in [-0.2, -0.15) is 13.2 Å². The van der Waals surface area contributed by atoms with Gasteiger partial charge >= 0.3 is 12.1 Å². The Hall–Kier alpha value is -2.05. The zero-order chi connectivity index (χ0) is 18.8. The third kappa shape index (κ3) is 4.14. The lowest BCUT2D eigenvalue weighted by molar-refractivity contribution is -0.149. The molecule has 0 aromatic heterocycles. The Labute approximate surface area is 144 Å². The number of halogens is 3. The molecular formula is C18H22F3NO3. The van der Waals surface area contributed by atoms with E-state index in [-0.39, 0.29) is 24.3 Å². The minimum atomic E-state index is -4.38. The van der Waals surface area contributed by atoms with Gasteiger partial charge in [-0.1, -0.05) is 26.0 Å². The average Bonchev–Trinajstić information content (AvgIpc) is 3.36. The van der Waals surface area contributed by atoms with Crippen molar-refractivity contribution in [2.24, 2.45) is 11.3 Å². The lowest BCUT2D eigenvalue weighted by atomic mass is 9.82. The maximum atomic E-state index is 12.6. The summed E-state index contributed by atoms with van der Waals surface area (Å²) in [4.78, 5) is 23.7. The Bertz CT molecular complexity index is 636. The van der Waals surface area contributed by atoms with Crippen molar-refractivity contribution in [3.63, 3.8) is 0 Å². The number of nitrogens with one attached hydrogen (secondary N) is 1. The molecule has 138 valence electrons. The fourth-order valence-corrected chi connectivity index (χ4v) is 3.04. The first-order valence-corrected chi connectivity index (χ1v) is 8.33. The van der Waals surface area contributed by atoms with E-state index in [4.69, 9.17) is 0 Å². The normalized spacial score (nSPS) is 20.2. The van der Waals surface area contributed by atoms with Crippen LogP contribution in [0.3, 0.4) is 0 Å². The average molecular weight is 357 g/mol. The highest BCUT2D eigenvalue weighted by molar-refractivity contribution is 5.84. The molecule has 1 fully saturated rings. The Balaban J connectivity index is 1.95. The predicted octanol–water partition coefficient (Wildman–Crippen LogP) is 3.82. The number of alkyl halides is 3. The number of carboxylic acids is 1. The maximum absolute atomic E-state index is 12.6. The number of carboxylic acid groups (broad SMARTS) is 1. The summed E-state index contributed by atoms with van der Waals surface area (Å²) >= 11 is 0. The first-order chi connectivity index (χ1) is 11.6. The third-order valence-electron chi connectivity index (χ3n) is 5.20. The number of hydrogen-bond donors (Lipinski definition) is 2. The van der Waals surface area contributed by atoms with Crippen molar-refractivity contribution in [3.05, 3.63) is 35.4 Å². The van der Waals surface area contributed by atoms with Crippen LogP contribution in [0.15, 0.2) is 24.3 Å². The molecule has 1 aromatic carbocycles. The summed E-state index contributed by atoms with van der Waals surface area (Å²) in [6, 6.07) is 4.85. The molecule has 25 heavy (non-hydrogen) atoms. The van der Waals surface area contributed by atoms with Crippen LogP contribution in [-0.2, 0) is 15.8 Å². The molecule has 2 N–H and O–H groups in total. The van der Waals surface area contributed by atoms with Crippen molar-refractivity contribution in [2.75, 3.05) is 6.54 Å². The van der Waals surface area contributed by atoms with Crippen molar-refractivity contribution in [2.45, 2.75) is 45.2 Å². The predicted molar refractivity (Wildman–Crippen MR) is 86.0 cm³/mol. The summed E-state index contributed by atoms with van der Waals surface area (Å²) in [5.41, 5.74) is -0.993. The van der Waals surface area contributed by atoms with Gasteiger partial charge in [0.05, 0.1) is 11.0 Å². The molecule has 1 amide bonds. The van der Waals surface area contributed by atoms with Crippen molar-refractivity contribution in [1.29, 1.82) is 0 Å². The molecule has 1 aromatic rings. The highest BCUT2D eigenvalue weighted by Crippen LogP contribution is 2.48. The quantitative estimate of drug-likeness (QED) is 0.780. The van der Waals surface area contributed by atoms with Gasteiger partial charge in [-0.05, 0) is 42.9 Å². The molecule has 7 heteroatoms. The Morgan fingerprint density at radius 1 is 1.16 bits per heavy atom. The number of amides is 1. The molecule has 0 radical (unpaired) electrons. The van der Waals surface area contributed by atoms with Crippen LogP contribution in [0.2, 0.25) is 0 Å². The Morgan fingerprint density at radius 2 is 1.72 bits per heavy atom. The number of carbonyl (C=O) groups excluding carboxylic acids is 1. The van der Waals surface area contributed by atoms with E-state index in [1.807, 2.05) is 0 Å². The lowest BCUT2D eigenvalue weighted by Crippen LogP contribution is -2.43. The van der Waals surface area contributed by atoms with Crippen molar-refractivity contribution >= 4 is 11.9 Å². The van der Waals surface area contributed by atoms with Crippen LogP contribution in [0, 0.1) is 11.3 Å². The Kier molecular flexibility index (Phi) is 5.44. The molecule has 2 rings (SSSR count). The minimum Gasteiger partial charge on any atom is -0.481 e. The molecule has 0 spiro atoms. The highest BCUT2D eigenvalue weighted by atomic mass is 19.4. The zero-order valence-electron chi connectivity index (χ0n) is 14.2. The van der Waals surface area contributed by atoms with Gasteiger partial charge < -0.3 is 10.4 Å². The fraction of sp³-hybridized carbons (Fsp3) is 0.556. The molecule has 0 saturated heterocycles. The van der Waals surface area contributed by atoms with Crippen LogP contribution in [0.1, 0.15) is 50.2 Å². The number of benzene rings is 1. The summed E-state index contributed by atoms with van der Waals surface area (Å²) in [5.74, 6) is -1.59. The molecule has 0 bridgehead atoms. The molecule has 2 atom stereocenters. The van der Waals surface area contributed by atoms with E-state index in [9.17, 15) is 27.9 Å². The lowest BCUT2D eigenvalue weighted by Gasteiger charge is -2.26. The number of carbonyl (C=O) groups is 2. The molecule has 0 heterocycles. The van der Waals surface area contributed by atoms with Crippen LogP contribution >= 0.6 is 0 Å². The number of rotatable bonds is 7. The zero-order valence-corrected chi connectivity index (χ0v) is 14.2. The summed E-state index contributed by atoms with van der Waals surface area (Å²) in [6.07, 6.45) is -2.99. The number of hydrogen-bond acceptors (Lipinski definition) is 2. The van der Waals surface area contributed by atoms with Crippen LogP contribution < -0.4 is 5.32 Å². The SMILES string of the molecule is CCC(CC)(CNC(=O)C1CC1c1ccc(C(F)(F)F)cc1)C(=O)O. The van der Waals surface area contributed by atoms with E-state index in [1.54, 1.807) is 13.8 Å². The molecule has 1 saturated carbocycles. The molecule has 2 unspecified atom stereocenters. The minimum absolute atomic E-state index is 0.0599. The van der Waals surface area contributed by atoms with Gasteiger partial charge in [-0.15, -0.1) is 0 Å². The topological polar surface area (TPSA) is 66.4 Å². The van der Waals surface area contributed by atoms with Gasteiger partial charge in [-0.25, -0.2) is 0 Å². The second-order valence-electron chi connectivity index (χ2n) is 6.58. The van der Waals surface area contributed by atoms with Crippen LogP contribution in [0.5, 0.6) is 0 Å². The molecular weight excluding hydrogens is 335 g/mol. The van der Waals surface area contributed by atoms with Gasteiger partial charge in [0.15, 0.2) is 0 Å². The first-order valence-electron chi connectivity index (χ1n) is 8.33. The molecule has 0 aliphatic heterocycles. The van der Waals surface area contributed by atoms with Crippen LogP contribution in [0.4, 0.5) is 13.2 Å². The fourth-order valence-electron chi connectivity index (χ4n) is 3.04. The number of aliphatic carboxylic acids is 1. The maximum Gasteiger partial charge on any atom is 0.416 e. The van der Waals surface area contributed by atoms with Crippen molar-refractivity contribution < 1.29 is 27.9 Å². The van der Waals surface area contributed by atoms with E-state index in [1.165, 1.54) is 12.1 Å². The van der Waals surface area contributed by atoms with E-state index in [0.29, 0.717) is 24.8 Å². The molecule has 1 aliphatic rings. The second kappa shape index (κ2) is 7.06. The van der Waals surface area contributed by atoms with Gasteiger partial charge in [-0.3, -0.25) is 9.59 Å². The first kappa shape index (κ1) is 19.3. The monoisotopic (exact) mass is 357 g/mol. The van der Waals surface area contributed by atoms with E-state index in [2.05, 4.69) is 5.32 Å². The summed E-state index contributed by atoms with van der Waals surface area (Å²) in [6.45, 7) is 3.60. The van der Waals surface area contributed by atoms with Crippen molar-refractivity contribution in [3.8, 4) is 0 Å². The van der Waals surface area contributed by atoms with E-state index < -0.39 is 23.1 Å². The summed E-state index contributed by atoms with van der Waals surface area (Å²) in [5, 5.41) is 12.1. The standard InChI is InChI=1S/C18H22F3NO3/c1-3-17(4-2,16(24)25)10-22-15(23)14-9-13(14)11-5-7-12(8-6-11)18(19,20)21/h5-8,13-14H,3-4,9-10H2,1-2H3,(H,22,23)(H,24,25). The largest absolute Gasteiger partial charge is 0.481 e. The van der Waals surface area contributed by atoms with Gasteiger partial charge in [0.2, 0.25) is 5.91 Å². The van der Waals surface area contributed by atoms with Crippen LogP contribution in [0.25, 0.3) is 0 Å². The van der Waals surface area contributed by atoms with Gasteiger partial charge in [0, 0.05) is 12.5 Å². The molecule has 4 nitrogen and oxygen atoms in total. The van der Waals surface area contributed by atoms with E-state index >= 15 is 0 Å². The third-order valence-corrected chi connectivity index (χ3v) is 5.20. The highest BCUT2D eigenvalue weighted by Gasteiger charge is 2.45. The van der Waals surface area contributed by atoms with Gasteiger partial charge in [0.1, 0.15) is 0 Å². The summed E-state index contributed by atoms with van der Waals surface area (Å²) < 4.78 is 37.7. The van der Waals surface area contributed by atoms with Crippen molar-refractivity contribution in [1.82, 2.24) is 5.32 Å². The summed E-state index contributed by atoms with van der Waals surface area (Å²) in [7, 11) is 0. The van der Waals surface area contributed by atoms with Gasteiger partial charge in [0.25, 0.3) is 0 Å². The van der Waals surface area contributed by atoms with E-state index in [0.717, 1.165) is 12.1 Å².